The molecule has 14 nitrogen and oxygen atoms in total. The maximum atomic E-state index is 13.0. The van der Waals surface area contributed by atoms with Gasteiger partial charge in [-0.05, 0) is 38.5 Å². The Bertz CT molecular complexity index is 972. The first-order valence-corrected chi connectivity index (χ1v) is 20.9. The van der Waals surface area contributed by atoms with Gasteiger partial charge in [-0.2, -0.15) is 0 Å². The van der Waals surface area contributed by atoms with Crippen LogP contribution in [0.4, 0.5) is 0 Å². The molecule has 2 rings (SSSR count). The second-order valence-electron chi connectivity index (χ2n) is 15.1. The highest BCUT2D eigenvalue weighted by molar-refractivity contribution is 5.76. The van der Waals surface area contributed by atoms with Gasteiger partial charge in [0.25, 0.3) is 0 Å². The maximum absolute atomic E-state index is 13.0. The number of amides is 1. The van der Waals surface area contributed by atoms with E-state index in [1.165, 1.54) is 38.5 Å². The van der Waals surface area contributed by atoms with Crippen molar-refractivity contribution in [2.24, 2.45) is 0 Å². The molecular formula is C40H75NO13. The van der Waals surface area contributed by atoms with Crippen LogP contribution in [0.2, 0.25) is 0 Å². The molecular weight excluding hydrogens is 702 g/mol. The molecule has 2 aliphatic rings. The molecule has 1 amide bonds. The van der Waals surface area contributed by atoms with E-state index < -0.39 is 86.8 Å². The molecule has 0 radical (unpaired) electrons. The third-order valence-electron chi connectivity index (χ3n) is 10.5. The summed E-state index contributed by atoms with van der Waals surface area (Å²) in [5, 5.41) is 86.0. The quantitative estimate of drug-likeness (QED) is 0.0378. The largest absolute Gasteiger partial charge is 0.394 e. The summed E-state index contributed by atoms with van der Waals surface area (Å²) in [5.41, 5.74) is 0. The topological polar surface area (TPSA) is 228 Å². The second-order valence-corrected chi connectivity index (χ2v) is 15.1. The summed E-state index contributed by atoms with van der Waals surface area (Å²) in [7, 11) is 0. The van der Waals surface area contributed by atoms with Crippen LogP contribution >= 0.6 is 0 Å². The minimum Gasteiger partial charge on any atom is -0.394 e. The van der Waals surface area contributed by atoms with Crippen molar-refractivity contribution in [1.29, 1.82) is 0 Å². The summed E-state index contributed by atoms with van der Waals surface area (Å²) in [5.74, 6) is -0.224. The number of aliphatic hydroxyl groups is 8. The lowest BCUT2D eigenvalue weighted by molar-refractivity contribution is -0.359. The number of hydrogen-bond acceptors (Lipinski definition) is 13. The minimum absolute atomic E-state index is 0.224. The van der Waals surface area contributed by atoms with Gasteiger partial charge in [0.2, 0.25) is 5.91 Å². The molecule has 0 spiro atoms. The fourth-order valence-corrected chi connectivity index (χ4v) is 6.93. The molecule has 318 valence electrons. The van der Waals surface area contributed by atoms with E-state index in [0.717, 1.165) is 70.6 Å². The van der Waals surface area contributed by atoms with E-state index in [-0.39, 0.29) is 12.5 Å². The third-order valence-corrected chi connectivity index (χ3v) is 10.5. The summed E-state index contributed by atoms with van der Waals surface area (Å²) in [6.07, 6.45) is 8.56. The predicted octanol–water partition coefficient (Wildman–Crippen LogP) is 2.87. The summed E-state index contributed by atoms with van der Waals surface area (Å²) in [6, 6.07) is -0.824. The fourth-order valence-electron chi connectivity index (χ4n) is 6.93. The lowest BCUT2D eigenvalue weighted by atomic mass is 9.97. The monoisotopic (exact) mass is 778 g/mol. The van der Waals surface area contributed by atoms with Gasteiger partial charge >= 0.3 is 0 Å². The van der Waals surface area contributed by atoms with E-state index >= 15 is 0 Å². The molecule has 14 heteroatoms. The molecule has 0 aromatic heterocycles. The summed E-state index contributed by atoms with van der Waals surface area (Å²) in [6.45, 7) is 2.70. The first-order valence-electron chi connectivity index (χ1n) is 20.9. The molecule has 0 bridgehead atoms. The van der Waals surface area contributed by atoms with Crippen molar-refractivity contribution in [3.63, 3.8) is 0 Å². The Hall–Kier alpha value is -1.27. The van der Waals surface area contributed by atoms with E-state index in [1.54, 1.807) is 0 Å². The molecule has 0 aromatic rings. The standard InChI is InChI=1S/C40H75NO13/c1-3-5-7-9-10-11-12-13-14-15-16-17-18-20-22-24-32(45)41-28(29(44)23-21-19-8-6-4-2)27-51-39-37(50)35(48)38(31(26-43)53-39)54-40-36(49)34(47)33(46)30(25-42)52-40/h13-14,28-31,33-40,42-44,46-50H,3-12,15-27H2,1-2H3,(H,41,45)/b14-13-. The van der Waals surface area contributed by atoms with Crippen molar-refractivity contribution in [1.82, 2.24) is 5.32 Å². The molecule has 2 saturated heterocycles. The molecule has 12 atom stereocenters. The Morgan fingerprint density at radius 1 is 0.648 bits per heavy atom. The Morgan fingerprint density at radius 2 is 1.17 bits per heavy atom. The Kier molecular flexibility index (Phi) is 26.3. The van der Waals surface area contributed by atoms with Gasteiger partial charge in [-0.15, -0.1) is 0 Å². The van der Waals surface area contributed by atoms with Gasteiger partial charge in [-0.3, -0.25) is 4.79 Å². The normalized spacial score (nSPS) is 30.1. The van der Waals surface area contributed by atoms with E-state index in [1.807, 2.05) is 0 Å². The van der Waals surface area contributed by atoms with Crippen LogP contribution in [0.1, 0.15) is 142 Å². The number of rotatable bonds is 30. The van der Waals surface area contributed by atoms with Crippen LogP contribution in [0.25, 0.3) is 0 Å². The number of unbranched alkanes of at least 4 members (excludes halogenated alkanes) is 15. The summed E-state index contributed by atoms with van der Waals surface area (Å²) in [4.78, 5) is 13.0. The molecule has 0 aliphatic carbocycles. The van der Waals surface area contributed by atoms with E-state index in [2.05, 4.69) is 31.3 Å². The molecule has 12 unspecified atom stereocenters. The smallest absolute Gasteiger partial charge is 0.220 e. The summed E-state index contributed by atoms with van der Waals surface area (Å²) < 4.78 is 22.5. The van der Waals surface area contributed by atoms with Crippen molar-refractivity contribution < 1.29 is 64.6 Å². The first kappa shape index (κ1) is 48.9. The van der Waals surface area contributed by atoms with Crippen molar-refractivity contribution in [2.75, 3.05) is 19.8 Å². The van der Waals surface area contributed by atoms with Crippen LogP contribution in [0, 0.1) is 0 Å². The van der Waals surface area contributed by atoms with Crippen molar-refractivity contribution in [3.05, 3.63) is 12.2 Å². The Labute approximate surface area is 323 Å². The van der Waals surface area contributed by atoms with Crippen molar-refractivity contribution >= 4 is 5.91 Å². The van der Waals surface area contributed by atoms with Crippen LogP contribution < -0.4 is 5.32 Å². The zero-order valence-corrected chi connectivity index (χ0v) is 33.0. The zero-order chi connectivity index (χ0) is 39.7. The fraction of sp³-hybridized carbons (Fsp3) is 0.925. The van der Waals surface area contributed by atoms with E-state index in [0.29, 0.717) is 19.3 Å². The highest BCUT2D eigenvalue weighted by Crippen LogP contribution is 2.30. The van der Waals surface area contributed by atoms with Gasteiger partial charge < -0.3 is 65.1 Å². The predicted molar refractivity (Wildman–Crippen MR) is 203 cm³/mol. The molecule has 0 aromatic carbocycles. The molecule has 54 heavy (non-hydrogen) atoms. The van der Waals surface area contributed by atoms with Gasteiger partial charge in [0.1, 0.15) is 48.8 Å². The molecule has 2 aliphatic heterocycles. The number of allylic oxidation sites excluding steroid dienone is 2. The lowest BCUT2D eigenvalue weighted by Crippen LogP contribution is -2.65. The van der Waals surface area contributed by atoms with Gasteiger partial charge in [-0.1, -0.05) is 109 Å². The average Bonchev–Trinajstić information content (AvgIpc) is 3.17. The number of ether oxygens (including phenoxy) is 4. The van der Waals surface area contributed by atoms with Gasteiger partial charge in [0.05, 0.1) is 32.0 Å². The van der Waals surface area contributed by atoms with Crippen LogP contribution in [0.15, 0.2) is 12.2 Å². The maximum Gasteiger partial charge on any atom is 0.220 e. The first-order chi connectivity index (χ1) is 26.1. The Morgan fingerprint density at radius 3 is 1.76 bits per heavy atom. The van der Waals surface area contributed by atoms with Crippen molar-refractivity contribution in [3.8, 4) is 0 Å². The van der Waals surface area contributed by atoms with Gasteiger partial charge in [0, 0.05) is 6.42 Å². The molecule has 9 N–H and O–H groups in total. The zero-order valence-electron chi connectivity index (χ0n) is 33.0. The number of carbonyl (C=O) groups excluding carboxylic acids is 1. The second kappa shape index (κ2) is 29.0. The number of aliphatic hydroxyl groups excluding tert-OH is 8. The number of nitrogens with one attached hydrogen (secondary N) is 1. The van der Waals surface area contributed by atoms with Crippen LogP contribution in [0.5, 0.6) is 0 Å². The molecule has 2 fully saturated rings. The van der Waals surface area contributed by atoms with Crippen LogP contribution in [-0.2, 0) is 23.7 Å². The molecule has 2 heterocycles. The van der Waals surface area contributed by atoms with Gasteiger partial charge in [-0.25, -0.2) is 0 Å². The number of hydrogen-bond donors (Lipinski definition) is 9. The number of carbonyl (C=O) groups is 1. The van der Waals surface area contributed by atoms with E-state index in [4.69, 9.17) is 18.9 Å². The van der Waals surface area contributed by atoms with Crippen LogP contribution in [0.3, 0.4) is 0 Å². The average molecular weight is 778 g/mol. The lowest BCUT2D eigenvalue weighted by Gasteiger charge is -2.46. The highest BCUT2D eigenvalue weighted by atomic mass is 16.7. The van der Waals surface area contributed by atoms with E-state index in [9.17, 15) is 45.6 Å². The SMILES string of the molecule is CCCCCCCC/C=C\CCCCCCCC(=O)NC(COC1OC(CO)C(OC2OC(CO)C(O)C(O)C2O)C(O)C1O)C(O)CCCCCCC. The van der Waals surface area contributed by atoms with Crippen LogP contribution in [-0.4, -0.2) is 140 Å². The Balaban J connectivity index is 1.84. The summed E-state index contributed by atoms with van der Waals surface area (Å²) >= 11 is 0. The minimum atomic E-state index is -1.78. The van der Waals surface area contributed by atoms with Gasteiger partial charge in [0.15, 0.2) is 12.6 Å². The third kappa shape index (κ3) is 17.9. The molecule has 0 saturated carbocycles. The highest BCUT2D eigenvalue weighted by Gasteiger charge is 2.50. The van der Waals surface area contributed by atoms with Crippen molar-refractivity contribution in [2.45, 2.75) is 216 Å².